The highest BCUT2D eigenvalue weighted by molar-refractivity contribution is 5.70. The highest BCUT2D eigenvalue weighted by Gasteiger charge is 2.58. The van der Waals surface area contributed by atoms with Gasteiger partial charge in [0.1, 0.15) is 79.4 Å². The van der Waals surface area contributed by atoms with Gasteiger partial charge in [0.15, 0.2) is 49.8 Å². The van der Waals surface area contributed by atoms with Crippen LogP contribution in [0.3, 0.4) is 0 Å². The second kappa shape index (κ2) is 36.6. The molecule has 25 heteroatoms. The number of unbranched alkanes of at least 4 members (excludes halogenated alkanes) is 10. The normalized spacial score (nSPS) is 41.6. The maximum absolute atomic E-state index is 13.9. The van der Waals surface area contributed by atoms with Gasteiger partial charge in [-0.3, -0.25) is 14.4 Å². The third-order valence-electron chi connectivity index (χ3n) is 17.5. The van der Waals surface area contributed by atoms with E-state index in [9.17, 15) is 60.3 Å². The van der Waals surface area contributed by atoms with Crippen molar-refractivity contribution in [2.75, 3.05) is 6.61 Å². The molecule has 6 rings (SSSR count). The Bertz CT molecular complexity index is 1950. The van der Waals surface area contributed by atoms with Crippen LogP contribution in [-0.2, 0) is 76.0 Å². The van der Waals surface area contributed by atoms with Crippen LogP contribution in [0.15, 0.2) is 0 Å². The zero-order valence-corrected chi connectivity index (χ0v) is 51.7. The molecule has 0 aromatic rings. The largest absolute Gasteiger partial charge is 0.457 e. The highest BCUT2D eigenvalue weighted by Crippen LogP contribution is 2.39. The number of fused-ring (bicyclic) bond motifs is 2. The van der Waals surface area contributed by atoms with Crippen LogP contribution in [0.4, 0.5) is 0 Å². The monoisotopic (exact) mass is 1240 g/mol. The Morgan fingerprint density at radius 3 is 1.63 bits per heavy atom. The molecular weight excluding hydrogens is 1130 g/mol. The summed E-state index contributed by atoms with van der Waals surface area (Å²) >= 11 is 0. The maximum atomic E-state index is 13.9. The van der Waals surface area contributed by atoms with Crippen LogP contribution in [0.1, 0.15) is 203 Å². The lowest BCUT2D eigenvalue weighted by Crippen LogP contribution is -2.67. The lowest BCUT2D eigenvalue weighted by molar-refractivity contribution is -0.395. The Morgan fingerprint density at radius 2 is 0.977 bits per heavy atom. The summed E-state index contributed by atoms with van der Waals surface area (Å²) < 4.78 is 80.7. The van der Waals surface area contributed by atoms with Crippen molar-refractivity contribution in [1.29, 1.82) is 0 Å². The number of aliphatic hydroxyl groups is 9. The first-order valence-corrected chi connectivity index (χ1v) is 32.4. The number of aliphatic hydroxyl groups excluding tert-OH is 9. The lowest BCUT2D eigenvalue weighted by Gasteiger charge is -2.50. The number of esters is 3. The van der Waals surface area contributed by atoms with Crippen LogP contribution in [-0.4, -0.2) is 230 Å². The molecule has 6 aliphatic rings. The number of hydrogen-bond donors (Lipinski definition) is 9. The Balaban J connectivity index is 1.28. The first kappa shape index (κ1) is 72.7. The fourth-order valence-electron chi connectivity index (χ4n) is 12.2. The summed E-state index contributed by atoms with van der Waals surface area (Å²) in [5, 5.41) is 102. The van der Waals surface area contributed by atoms with Crippen LogP contribution in [0.2, 0.25) is 0 Å². The highest BCUT2D eigenvalue weighted by atomic mass is 16.8. The maximum Gasteiger partial charge on any atom is 0.306 e. The summed E-state index contributed by atoms with van der Waals surface area (Å²) in [4.78, 5) is 40.3. The van der Waals surface area contributed by atoms with E-state index in [1.165, 1.54) is 34.1 Å². The van der Waals surface area contributed by atoms with Gasteiger partial charge in [-0.2, -0.15) is 0 Å². The average Bonchev–Trinajstić information content (AvgIpc) is 1.22. The van der Waals surface area contributed by atoms with E-state index in [0.717, 1.165) is 116 Å². The topological polar surface area (TPSA) is 353 Å². The summed E-state index contributed by atoms with van der Waals surface area (Å²) in [5.74, 6) is -2.14. The predicted octanol–water partition coefficient (Wildman–Crippen LogP) is 3.67. The van der Waals surface area contributed by atoms with Crippen molar-refractivity contribution in [1.82, 2.24) is 0 Å². The minimum absolute atomic E-state index is 0.0130. The zero-order valence-electron chi connectivity index (χ0n) is 51.7. The van der Waals surface area contributed by atoms with Gasteiger partial charge < -0.3 is 108 Å². The van der Waals surface area contributed by atoms with Gasteiger partial charge in [0, 0.05) is 19.3 Å². The third-order valence-corrected chi connectivity index (χ3v) is 17.5. The zero-order chi connectivity index (χ0) is 62.6. The standard InChI is InChI=1S/C61H106O25/c1-8-11-13-14-15-16-19-22-26-30-40(64)81-54-48(72)52(84-61-56(47(71)50(34(5)75-61)80-39(63)10-3)85-57-46(70)44(68)43(67)38(32-62)79-57)35(6)76-59(54)83-51-36(7)77-60-55(49(51)73)82-41(65)31-27-23-20-17-18-21-25-29-37(28-24-12-9-2)78-58-53(86-60)45(69)42(66)33(4)74-58/h33-38,42-62,66-73H,8-32H2,1-7H3/t33-,34+,35+,36+,37+,38-,42-,43-,44+,45+,46-,47-,48-,49-,50+,51+,52+,53-,54-,55-,56-,57+,58+,59+,60+,61+/m1/s1. The molecule has 0 bridgehead atoms. The summed E-state index contributed by atoms with van der Waals surface area (Å²) in [5.41, 5.74) is 0. The van der Waals surface area contributed by atoms with Crippen molar-refractivity contribution in [3.05, 3.63) is 0 Å². The molecular formula is C61H106O25. The summed E-state index contributed by atoms with van der Waals surface area (Å²) in [6, 6.07) is 0. The van der Waals surface area contributed by atoms with E-state index in [1.807, 2.05) is 0 Å². The third kappa shape index (κ3) is 20.3. The van der Waals surface area contributed by atoms with Crippen molar-refractivity contribution in [2.45, 2.75) is 362 Å². The van der Waals surface area contributed by atoms with E-state index < -0.39 is 178 Å². The number of carbonyl (C=O) groups excluding carboxylic acids is 3. The molecule has 26 atom stereocenters. The van der Waals surface area contributed by atoms with Gasteiger partial charge in [-0.05, 0) is 53.4 Å². The molecule has 0 aliphatic carbocycles. The van der Waals surface area contributed by atoms with Crippen molar-refractivity contribution >= 4 is 17.9 Å². The lowest BCUT2D eigenvalue weighted by atomic mass is 9.95. The molecule has 86 heavy (non-hydrogen) atoms. The van der Waals surface area contributed by atoms with E-state index in [0.29, 0.717) is 12.8 Å². The van der Waals surface area contributed by atoms with Crippen LogP contribution < -0.4 is 0 Å². The van der Waals surface area contributed by atoms with E-state index in [-0.39, 0.29) is 25.4 Å². The van der Waals surface area contributed by atoms with Gasteiger partial charge >= 0.3 is 17.9 Å². The van der Waals surface area contributed by atoms with Gasteiger partial charge in [0.05, 0.1) is 37.1 Å². The Hall–Kier alpha value is -2.35. The molecule has 9 N–H and O–H groups in total. The van der Waals surface area contributed by atoms with Crippen molar-refractivity contribution < 1.29 is 122 Å². The Morgan fingerprint density at radius 1 is 0.453 bits per heavy atom. The molecule has 0 saturated carbocycles. The van der Waals surface area contributed by atoms with E-state index >= 15 is 0 Å². The second-order valence-electron chi connectivity index (χ2n) is 24.5. The van der Waals surface area contributed by atoms with E-state index in [1.54, 1.807) is 6.92 Å². The molecule has 6 fully saturated rings. The quantitative estimate of drug-likeness (QED) is 0.0378. The number of rotatable bonds is 24. The molecule has 0 aromatic heterocycles. The van der Waals surface area contributed by atoms with Gasteiger partial charge in [-0.25, -0.2) is 0 Å². The van der Waals surface area contributed by atoms with Crippen LogP contribution >= 0.6 is 0 Å². The molecule has 500 valence electrons. The van der Waals surface area contributed by atoms with Crippen molar-refractivity contribution in [2.24, 2.45) is 0 Å². The number of hydrogen-bond acceptors (Lipinski definition) is 25. The molecule has 6 heterocycles. The van der Waals surface area contributed by atoms with Crippen LogP contribution in [0.25, 0.3) is 0 Å². The van der Waals surface area contributed by atoms with E-state index in [2.05, 4.69) is 13.8 Å². The molecule has 0 aromatic carbocycles. The Kier molecular flexibility index (Phi) is 31.0. The van der Waals surface area contributed by atoms with E-state index in [4.69, 9.17) is 61.6 Å². The molecule has 25 nitrogen and oxygen atoms in total. The fourth-order valence-corrected chi connectivity index (χ4v) is 12.2. The minimum Gasteiger partial charge on any atom is -0.457 e. The Labute approximate surface area is 507 Å². The SMILES string of the molecule is CCCCCCCCCCCC(=O)O[C@H]1[C@H](O[C@@H]2[C@@H](O)[C@H]3OC(=O)CCCCCCCCC[C@H](CCCCC)O[C@@H]4O[C@H](C)[C@@H](O)[C@H](O)[C@H]4O[C@@H]3O[C@H]2C)O[C@@H](C)[C@H](O[C@@H]2O[C@@H](C)[C@H](OC(=O)CC)[C@@H](O)[C@H]2O[C@@H]2O[C@H](CO)[C@@H](O)[C@H](O)[C@H]2O)[C@H]1O. The van der Waals surface area contributed by atoms with Gasteiger partial charge in [0.2, 0.25) is 0 Å². The summed E-state index contributed by atoms with van der Waals surface area (Å²) in [7, 11) is 0. The fraction of sp³-hybridized carbons (Fsp3) is 0.951. The van der Waals surface area contributed by atoms with Crippen LogP contribution in [0.5, 0.6) is 0 Å². The molecule has 0 radical (unpaired) electrons. The molecule has 6 saturated heterocycles. The summed E-state index contributed by atoms with van der Waals surface area (Å²) in [6.45, 7) is 11.1. The molecule has 6 aliphatic heterocycles. The molecule has 0 amide bonds. The molecule has 0 spiro atoms. The predicted molar refractivity (Wildman–Crippen MR) is 303 cm³/mol. The van der Waals surface area contributed by atoms with Crippen LogP contribution in [0, 0.1) is 0 Å². The molecule has 0 unspecified atom stereocenters. The van der Waals surface area contributed by atoms with Gasteiger partial charge in [-0.1, -0.05) is 130 Å². The number of ether oxygens (including phenoxy) is 13. The number of carbonyl (C=O) groups is 3. The van der Waals surface area contributed by atoms with Gasteiger partial charge in [0.25, 0.3) is 0 Å². The van der Waals surface area contributed by atoms with Crippen molar-refractivity contribution in [3.63, 3.8) is 0 Å². The minimum atomic E-state index is -1.95. The van der Waals surface area contributed by atoms with Crippen molar-refractivity contribution in [3.8, 4) is 0 Å². The second-order valence-corrected chi connectivity index (χ2v) is 24.5. The first-order chi connectivity index (χ1) is 41.2. The van der Waals surface area contributed by atoms with Gasteiger partial charge in [-0.15, -0.1) is 0 Å². The smallest absolute Gasteiger partial charge is 0.306 e. The average molecular weight is 1240 g/mol. The summed E-state index contributed by atoms with van der Waals surface area (Å²) in [6.07, 6.45) is -20.3. The first-order valence-electron chi connectivity index (χ1n) is 32.4.